The third-order valence-corrected chi connectivity index (χ3v) is 3.36. The minimum absolute atomic E-state index is 0.200. The molecule has 6 heteroatoms. The van der Waals surface area contributed by atoms with E-state index in [2.05, 4.69) is 5.32 Å². The first-order valence-corrected chi connectivity index (χ1v) is 7.54. The van der Waals surface area contributed by atoms with E-state index >= 15 is 0 Å². The summed E-state index contributed by atoms with van der Waals surface area (Å²) < 4.78 is 10.3. The highest BCUT2D eigenvalue weighted by Gasteiger charge is 2.17. The molecule has 0 saturated heterocycles. The molecular formula is C16H18ClNO4. The largest absolute Gasteiger partial charge is 0.488 e. The highest BCUT2D eigenvalue weighted by molar-refractivity contribution is 6.30. The highest BCUT2D eigenvalue weighted by Crippen LogP contribution is 2.28. The van der Waals surface area contributed by atoms with Crippen LogP contribution in [0.5, 0.6) is 5.75 Å². The molecule has 0 unspecified atom stereocenters. The Balaban J connectivity index is 1.84. The van der Waals surface area contributed by atoms with E-state index < -0.39 is 0 Å². The van der Waals surface area contributed by atoms with Gasteiger partial charge in [-0.25, -0.2) is 0 Å². The second-order valence-corrected chi connectivity index (χ2v) is 5.24. The Bertz CT molecular complexity index is 598. The van der Waals surface area contributed by atoms with Crippen molar-refractivity contribution < 1.29 is 19.1 Å². The topological polar surface area (TPSA) is 64.6 Å². The summed E-state index contributed by atoms with van der Waals surface area (Å²) in [4.78, 5) is 23.2. The Kier molecular flexibility index (Phi) is 5.83. The zero-order valence-electron chi connectivity index (χ0n) is 12.4. The second-order valence-electron chi connectivity index (χ2n) is 4.80. The summed E-state index contributed by atoms with van der Waals surface area (Å²) in [7, 11) is 0. The van der Waals surface area contributed by atoms with Gasteiger partial charge in [-0.1, -0.05) is 11.6 Å². The molecule has 1 aromatic rings. The lowest BCUT2D eigenvalue weighted by Crippen LogP contribution is -2.29. The lowest BCUT2D eigenvalue weighted by Gasteiger charge is -2.17. The van der Waals surface area contributed by atoms with Crippen LogP contribution < -0.4 is 10.1 Å². The molecule has 0 fully saturated rings. The molecule has 1 N–H and O–H groups in total. The van der Waals surface area contributed by atoms with Crippen molar-refractivity contribution in [1.82, 2.24) is 5.32 Å². The van der Waals surface area contributed by atoms with Crippen LogP contribution in [-0.2, 0) is 14.3 Å². The minimum atomic E-state index is -0.250. The Morgan fingerprint density at radius 1 is 1.41 bits per heavy atom. The number of benzene rings is 1. The van der Waals surface area contributed by atoms with E-state index in [1.54, 1.807) is 31.2 Å². The molecule has 0 aliphatic carbocycles. The van der Waals surface area contributed by atoms with Gasteiger partial charge in [0, 0.05) is 23.6 Å². The maximum atomic E-state index is 12.1. The first kappa shape index (κ1) is 16.4. The molecule has 0 saturated carbocycles. The number of amides is 1. The van der Waals surface area contributed by atoms with Gasteiger partial charge in [-0.15, -0.1) is 0 Å². The van der Waals surface area contributed by atoms with Crippen molar-refractivity contribution in [3.05, 3.63) is 34.4 Å². The van der Waals surface area contributed by atoms with Gasteiger partial charge in [0.1, 0.15) is 12.4 Å². The lowest BCUT2D eigenvalue weighted by molar-refractivity contribution is -0.143. The molecule has 1 aliphatic heterocycles. The quantitative estimate of drug-likeness (QED) is 0.645. The van der Waals surface area contributed by atoms with Gasteiger partial charge in [-0.2, -0.15) is 0 Å². The fourth-order valence-corrected chi connectivity index (χ4v) is 2.24. The van der Waals surface area contributed by atoms with Crippen LogP contribution in [0, 0.1) is 0 Å². The minimum Gasteiger partial charge on any atom is -0.488 e. The van der Waals surface area contributed by atoms with Crippen molar-refractivity contribution in [3.63, 3.8) is 0 Å². The van der Waals surface area contributed by atoms with Gasteiger partial charge in [-0.3, -0.25) is 9.59 Å². The third-order valence-electron chi connectivity index (χ3n) is 3.12. The summed E-state index contributed by atoms with van der Waals surface area (Å²) in [5, 5.41) is 3.36. The molecule has 1 aliphatic rings. The molecule has 0 spiro atoms. The molecule has 22 heavy (non-hydrogen) atoms. The summed E-state index contributed by atoms with van der Waals surface area (Å²) >= 11 is 5.93. The van der Waals surface area contributed by atoms with Crippen molar-refractivity contribution in [3.8, 4) is 5.75 Å². The number of carbonyl (C=O) groups is 2. The summed E-state index contributed by atoms with van der Waals surface area (Å²) in [5.41, 5.74) is 1.32. The maximum absolute atomic E-state index is 12.1. The number of rotatable bonds is 6. The predicted octanol–water partition coefficient (Wildman–Crippen LogP) is 2.58. The smallest absolute Gasteiger partial charge is 0.305 e. The normalized spacial score (nSPS) is 12.7. The molecule has 2 rings (SSSR count). The summed E-state index contributed by atoms with van der Waals surface area (Å²) in [5.74, 6) is 0.262. The molecule has 1 aromatic carbocycles. The van der Waals surface area contributed by atoms with Gasteiger partial charge in [-0.05, 0) is 37.6 Å². The number of carbonyl (C=O) groups excluding carboxylic acids is 2. The van der Waals surface area contributed by atoms with Gasteiger partial charge < -0.3 is 14.8 Å². The fraction of sp³-hybridized carbons (Fsp3) is 0.375. The van der Waals surface area contributed by atoms with Crippen LogP contribution in [0.25, 0.3) is 6.08 Å². The second kappa shape index (κ2) is 7.84. The number of hydrogen-bond donors (Lipinski definition) is 1. The van der Waals surface area contributed by atoms with Gasteiger partial charge in [0.15, 0.2) is 0 Å². The van der Waals surface area contributed by atoms with E-state index in [1.807, 2.05) is 0 Å². The Morgan fingerprint density at radius 3 is 3.00 bits per heavy atom. The third kappa shape index (κ3) is 4.49. The zero-order valence-corrected chi connectivity index (χ0v) is 13.1. The van der Waals surface area contributed by atoms with Gasteiger partial charge in [0.05, 0.1) is 12.2 Å². The monoisotopic (exact) mass is 323 g/mol. The first-order valence-electron chi connectivity index (χ1n) is 7.17. The summed E-state index contributed by atoms with van der Waals surface area (Å²) in [6, 6.07) is 5.28. The lowest BCUT2D eigenvalue weighted by atomic mass is 10.1. The molecule has 0 aromatic heterocycles. The van der Waals surface area contributed by atoms with Crippen LogP contribution >= 0.6 is 11.6 Å². The van der Waals surface area contributed by atoms with Gasteiger partial charge in [0.25, 0.3) is 5.91 Å². The van der Waals surface area contributed by atoms with Crippen LogP contribution in [0.4, 0.5) is 0 Å². The van der Waals surface area contributed by atoms with Gasteiger partial charge >= 0.3 is 5.97 Å². The molecule has 0 bridgehead atoms. The SMILES string of the molecule is CCOC(=O)CCCNC(=O)C1=Cc2cc(Cl)ccc2OC1. The van der Waals surface area contributed by atoms with Crippen LogP contribution in [0.2, 0.25) is 5.02 Å². The highest BCUT2D eigenvalue weighted by atomic mass is 35.5. The van der Waals surface area contributed by atoms with E-state index in [9.17, 15) is 9.59 Å². The number of ether oxygens (including phenoxy) is 2. The Labute approximate surface area is 134 Å². The van der Waals surface area contributed by atoms with Crippen LogP contribution in [0.15, 0.2) is 23.8 Å². The van der Waals surface area contributed by atoms with Crippen molar-refractivity contribution in [2.24, 2.45) is 0 Å². The van der Waals surface area contributed by atoms with Crippen LogP contribution in [0.1, 0.15) is 25.3 Å². The van der Waals surface area contributed by atoms with Crippen LogP contribution in [-0.4, -0.2) is 31.6 Å². The standard InChI is InChI=1S/C16H18ClNO4/c1-2-21-15(19)4-3-7-18-16(20)12-8-11-9-13(17)5-6-14(11)22-10-12/h5-6,8-9H,2-4,7,10H2,1H3,(H,18,20). The van der Waals surface area contributed by atoms with E-state index in [-0.39, 0.29) is 18.5 Å². The van der Waals surface area contributed by atoms with E-state index in [4.69, 9.17) is 21.1 Å². The molecule has 1 amide bonds. The fourth-order valence-electron chi connectivity index (χ4n) is 2.06. The first-order chi connectivity index (χ1) is 10.6. The number of fused-ring (bicyclic) bond motifs is 1. The van der Waals surface area contributed by atoms with Crippen molar-refractivity contribution in [2.45, 2.75) is 19.8 Å². The van der Waals surface area contributed by atoms with E-state index in [1.165, 1.54) is 0 Å². The van der Waals surface area contributed by atoms with Gasteiger partial charge in [0.2, 0.25) is 0 Å². The number of hydrogen-bond acceptors (Lipinski definition) is 4. The molecular weight excluding hydrogens is 306 g/mol. The van der Waals surface area contributed by atoms with Crippen LogP contribution in [0.3, 0.4) is 0 Å². The molecule has 0 radical (unpaired) electrons. The molecule has 0 atom stereocenters. The van der Waals surface area contributed by atoms with Crippen molar-refractivity contribution >= 4 is 29.6 Å². The number of halogens is 1. The molecule has 5 nitrogen and oxygen atoms in total. The molecule has 1 heterocycles. The zero-order chi connectivity index (χ0) is 15.9. The average molecular weight is 324 g/mol. The Hall–Kier alpha value is -2.01. The average Bonchev–Trinajstić information content (AvgIpc) is 2.51. The van der Waals surface area contributed by atoms with E-state index in [0.29, 0.717) is 42.3 Å². The summed E-state index contributed by atoms with van der Waals surface area (Å²) in [6.45, 7) is 2.77. The van der Waals surface area contributed by atoms with E-state index in [0.717, 1.165) is 5.56 Å². The van der Waals surface area contributed by atoms with Crippen molar-refractivity contribution in [2.75, 3.05) is 19.8 Å². The number of esters is 1. The maximum Gasteiger partial charge on any atom is 0.305 e. The van der Waals surface area contributed by atoms with Crippen molar-refractivity contribution in [1.29, 1.82) is 0 Å². The predicted molar refractivity (Wildman–Crippen MR) is 83.8 cm³/mol. The summed E-state index contributed by atoms with van der Waals surface area (Å²) in [6.07, 6.45) is 2.61. The Morgan fingerprint density at radius 2 is 2.23 bits per heavy atom. The molecule has 118 valence electrons. The number of nitrogens with one attached hydrogen (secondary N) is 1.